The molecule has 16 heavy (non-hydrogen) atoms. The first-order chi connectivity index (χ1) is 7.45. The van der Waals surface area contributed by atoms with Gasteiger partial charge in [-0.2, -0.15) is 0 Å². The number of nitrogens with zero attached hydrogens (tertiary/aromatic N) is 1. The number of carbonyl (C=O) groups excluding carboxylic acids is 2. The summed E-state index contributed by atoms with van der Waals surface area (Å²) in [6.45, 7) is 6.81. The van der Waals surface area contributed by atoms with Gasteiger partial charge in [-0.25, -0.2) is 4.79 Å². The Morgan fingerprint density at radius 3 is 2.75 bits per heavy atom. The maximum absolute atomic E-state index is 11.5. The number of hydrogen-bond donors (Lipinski definition) is 2. The van der Waals surface area contributed by atoms with E-state index in [0.29, 0.717) is 0 Å². The molecule has 1 aliphatic rings. The third-order valence-electron chi connectivity index (χ3n) is 2.73. The molecule has 0 unspecified atom stereocenters. The molecule has 0 atom stereocenters. The number of piperazine rings is 1. The lowest BCUT2D eigenvalue weighted by molar-refractivity contribution is -0.123. The Bertz CT molecular complexity index is 278. The fraction of sp³-hybridized carbons (Fsp3) is 0.800. The topological polar surface area (TPSA) is 70.7 Å². The van der Waals surface area contributed by atoms with Crippen molar-refractivity contribution >= 4 is 12.0 Å². The third-order valence-corrected chi connectivity index (χ3v) is 2.73. The van der Waals surface area contributed by atoms with Crippen LogP contribution in [0.15, 0.2) is 0 Å². The highest BCUT2D eigenvalue weighted by Gasteiger charge is 2.30. The molecule has 0 aromatic carbocycles. The first kappa shape index (κ1) is 12.9. The number of alkyl carbamates (subject to hydrolysis) is 1. The first-order valence-corrected chi connectivity index (χ1v) is 5.29. The van der Waals surface area contributed by atoms with Gasteiger partial charge in [0.05, 0.1) is 13.7 Å². The maximum Gasteiger partial charge on any atom is 0.413 e. The summed E-state index contributed by atoms with van der Waals surface area (Å²) >= 11 is 0. The molecular formula is C10H19N3O3. The molecule has 0 bridgehead atoms. The Hall–Kier alpha value is -1.14. The predicted octanol–water partition coefficient (Wildman–Crippen LogP) is -0.447. The number of imide groups is 1. The lowest BCUT2D eigenvalue weighted by Gasteiger charge is -2.42. The van der Waals surface area contributed by atoms with Crippen LogP contribution < -0.4 is 10.6 Å². The third kappa shape index (κ3) is 3.46. The Kier molecular flexibility index (Phi) is 4.26. The van der Waals surface area contributed by atoms with Crippen LogP contribution in [-0.4, -0.2) is 55.7 Å². The van der Waals surface area contributed by atoms with E-state index in [-0.39, 0.29) is 18.0 Å². The van der Waals surface area contributed by atoms with Gasteiger partial charge in [0.25, 0.3) is 0 Å². The molecule has 92 valence electrons. The highest BCUT2D eigenvalue weighted by Crippen LogP contribution is 2.15. The van der Waals surface area contributed by atoms with E-state index >= 15 is 0 Å². The van der Waals surface area contributed by atoms with Gasteiger partial charge in [-0.15, -0.1) is 0 Å². The predicted molar refractivity (Wildman–Crippen MR) is 59.1 cm³/mol. The number of ether oxygens (including phenoxy) is 1. The molecule has 0 radical (unpaired) electrons. The van der Waals surface area contributed by atoms with Gasteiger partial charge in [0.1, 0.15) is 0 Å². The summed E-state index contributed by atoms with van der Waals surface area (Å²) in [6.07, 6.45) is -0.710. The van der Waals surface area contributed by atoms with Gasteiger partial charge in [0.15, 0.2) is 0 Å². The van der Waals surface area contributed by atoms with E-state index in [1.807, 2.05) is 4.90 Å². The molecule has 0 aromatic rings. The highest BCUT2D eigenvalue weighted by molar-refractivity contribution is 5.92. The van der Waals surface area contributed by atoms with Crippen LogP contribution in [0.1, 0.15) is 13.8 Å². The van der Waals surface area contributed by atoms with Crippen molar-refractivity contribution in [3.05, 3.63) is 0 Å². The van der Waals surface area contributed by atoms with Gasteiger partial charge in [0.2, 0.25) is 5.91 Å². The minimum atomic E-state index is -0.710. The summed E-state index contributed by atoms with van der Waals surface area (Å²) in [5.41, 5.74) is -0.0777. The monoisotopic (exact) mass is 229 g/mol. The van der Waals surface area contributed by atoms with Gasteiger partial charge < -0.3 is 10.1 Å². The van der Waals surface area contributed by atoms with Crippen LogP contribution in [0, 0.1) is 0 Å². The van der Waals surface area contributed by atoms with Gasteiger partial charge in [-0.3, -0.25) is 15.0 Å². The van der Waals surface area contributed by atoms with Gasteiger partial charge in [-0.1, -0.05) is 0 Å². The summed E-state index contributed by atoms with van der Waals surface area (Å²) in [6, 6.07) is 0. The average molecular weight is 229 g/mol. The fourth-order valence-corrected chi connectivity index (χ4v) is 1.69. The zero-order valence-electron chi connectivity index (χ0n) is 10.0. The van der Waals surface area contributed by atoms with Crippen molar-refractivity contribution in [3.8, 4) is 0 Å². The molecule has 1 fully saturated rings. The normalized spacial score (nSPS) is 20.2. The molecule has 0 spiro atoms. The molecule has 6 heteroatoms. The smallest absolute Gasteiger partial charge is 0.413 e. The minimum absolute atomic E-state index is 0.0777. The van der Waals surface area contributed by atoms with Crippen LogP contribution in [0.3, 0.4) is 0 Å². The van der Waals surface area contributed by atoms with Crippen LogP contribution in [0.2, 0.25) is 0 Å². The zero-order valence-corrected chi connectivity index (χ0v) is 10.0. The number of carbonyl (C=O) groups is 2. The number of nitrogens with one attached hydrogen (secondary N) is 2. The molecule has 0 saturated carbocycles. The van der Waals surface area contributed by atoms with Crippen molar-refractivity contribution < 1.29 is 14.3 Å². The summed E-state index contributed by atoms with van der Waals surface area (Å²) in [4.78, 5) is 24.4. The van der Waals surface area contributed by atoms with E-state index in [1.54, 1.807) is 0 Å². The van der Waals surface area contributed by atoms with E-state index in [0.717, 1.165) is 19.6 Å². The second kappa shape index (κ2) is 5.27. The van der Waals surface area contributed by atoms with Gasteiger partial charge in [-0.05, 0) is 13.8 Å². The molecule has 1 saturated heterocycles. The Balaban J connectivity index is 2.46. The van der Waals surface area contributed by atoms with Crippen LogP contribution >= 0.6 is 0 Å². The molecule has 1 heterocycles. The molecule has 2 amide bonds. The van der Waals surface area contributed by atoms with Crippen molar-refractivity contribution in [3.63, 3.8) is 0 Å². The van der Waals surface area contributed by atoms with E-state index < -0.39 is 6.09 Å². The maximum atomic E-state index is 11.5. The highest BCUT2D eigenvalue weighted by atomic mass is 16.5. The van der Waals surface area contributed by atoms with E-state index in [2.05, 4.69) is 29.2 Å². The van der Waals surface area contributed by atoms with Crippen LogP contribution in [0.5, 0.6) is 0 Å². The fourth-order valence-electron chi connectivity index (χ4n) is 1.69. The van der Waals surface area contributed by atoms with Crippen molar-refractivity contribution in [2.75, 3.05) is 33.3 Å². The number of rotatable bonds is 2. The molecule has 0 aromatic heterocycles. The number of amides is 2. The summed E-state index contributed by atoms with van der Waals surface area (Å²) < 4.78 is 4.36. The molecule has 1 rings (SSSR count). The average Bonchev–Trinajstić information content (AvgIpc) is 2.21. The second-order valence-electron chi connectivity index (χ2n) is 4.45. The largest absolute Gasteiger partial charge is 0.453 e. The summed E-state index contributed by atoms with van der Waals surface area (Å²) in [7, 11) is 1.23. The van der Waals surface area contributed by atoms with Gasteiger partial charge >= 0.3 is 6.09 Å². The van der Waals surface area contributed by atoms with E-state index in [1.165, 1.54) is 7.11 Å². The summed E-state index contributed by atoms with van der Waals surface area (Å²) in [5.74, 6) is -0.332. The van der Waals surface area contributed by atoms with Crippen molar-refractivity contribution in [2.45, 2.75) is 19.4 Å². The Labute approximate surface area is 95.3 Å². The number of hydrogen-bond acceptors (Lipinski definition) is 5. The molecular weight excluding hydrogens is 210 g/mol. The molecule has 0 aliphatic carbocycles. The Morgan fingerprint density at radius 2 is 2.19 bits per heavy atom. The number of methoxy groups -OCH3 is 1. The lowest BCUT2D eigenvalue weighted by Crippen LogP contribution is -2.60. The zero-order chi connectivity index (χ0) is 12.2. The lowest BCUT2D eigenvalue weighted by atomic mass is 10.0. The molecule has 6 nitrogen and oxygen atoms in total. The second-order valence-corrected chi connectivity index (χ2v) is 4.45. The van der Waals surface area contributed by atoms with Crippen molar-refractivity contribution in [1.82, 2.24) is 15.5 Å². The van der Waals surface area contributed by atoms with Gasteiger partial charge in [0, 0.05) is 25.2 Å². The van der Waals surface area contributed by atoms with Crippen LogP contribution in [0.25, 0.3) is 0 Å². The van der Waals surface area contributed by atoms with Crippen LogP contribution in [-0.2, 0) is 9.53 Å². The molecule has 1 aliphatic heterocycles. The first-order valence-electron chi connectivity index (χ1n) is 5.29. The summed E-state index contributed by atoms with van der Waals surface area (Å²) in [5, 5.41) is 5.42. The quantitative estimate of drug-likeness (QED) is 0.671. The minimum Gasteiger partial charge on any atom is -0.453 e. The van der Waals surface area contributed by atoms with E-state index in [9.17, 15) is 9.59 Å². The standard InChI is InChI=1S/C10H19N3O3/c1-10(2)7-11-4-5-13(10)6-8(14)12-9(15)16-3/h11H,4-7H2,1-3H3,(H,12,14,15). The van der Waals surface area contributed by atoms with Crippen molar-refractivity contribution in [1.29, 1.82) is 0 Å². The van der Waals surface area contributed by atoms with Crippen molar-refractivity contribution in [2.24, 2.45) is 0 Å². The SMILES string of the molecule is COC(=O)NC(=O)CN1CCNCC1(C)C. The van der Waals surface area contributed by atoms with E-state index in [4.69, 9.17) is 0 Å². The Morgan fingerprint density at radius 1 is 1.50 bits per heavy atom. The molecule has 2 N–H and O–H groups in total. The van der Waals surface area contributed by atoms with Crippen LogP contribution in [0.4, 0.5) is 4.79 Å².